The van der Waals surface area contributed by atoms with Gasteiger partial charge in [0.25, 0.3) is 0 Å². The van der Waals surface area contributed by atoms with E-state index in [4.69, 9.17) is 9.84 Å². The molecule has 0 fully saturated rings. The SMILES string of the molecule is COC(C)C(=O)NC(CCO)C(C)C. The van der Waals surface area contributed by atoms with Crippen LogP contribution < -0.4 is 5.32 Å². The number of methoxy groups -OCH3 is 1. The summed E-state index contributed by atoms with van der Waals surface area (Å²) in [5.74, 6) is 0.190. The lowest BCUT2D eigenvalue weighted by molar-refractivity contribution is -0.131. The lowest BCUT2D eigenvalue weighted by Crippen LogP contribution is -2.44. The zero-order valence-electron chi connectivity index (χ0n) is 9.41. The quantitative estimate of drug-likeness (QED) is 0.662. The molecule has 0 spiro atoms. The monoisotopic (exact) mass is 203 g/mol. The van der Waals surface area contributed by atoms with E-state index in [1.54, 1.807) is 6.92 Å². The number of carbonyl (C=O) groups is 1. The van der Waals surface area contributed by atoms with Gasteiger partial charge < -0.3 is 15.2 Å². The zero-order valence-corrected chi connectivity index (χ0v) is 9.41. The highest BCUT2D eigenvalue weighted by atomic mass is 16.5. The maximum atomic E-state index is 11.4. The molecule has 84 valence electrons. The molecule has 0 aromatic heterocycles. The summed E-state index contributed by atoms with van der Waals surface area (Å²) in [4.78, 5) is 11.4. The Hall–Kier alpha value is -0.610. The van der Waals surface area contributed by atoms with Crippen LogP contribution in [0.1, 0.15) is 27.2 Å². The van der Waals surface area contributed by atoms with Gasteiger partial charge in [-0.05, 0) is 19.3 Å². The Bertz CT molecular complexity index is 171. The summed E-state index contributed by atoms with van der Waals surface area (Å²) in [6.07, 6.45) is 0.148. The number of nitrogens with one attached hydrogen (secondary N) is 1. The van der Waals surface area contributed by atoms with Gasteiger partial charge in [0.1, 0.15) is 6.10 Å². The fourth-order valence-corrected chi connectivity index (χ4v) is 1.12. The average molecular weight is 203 g/mol. The van der Waals surface area contributed by atoms with Crippen molar-refractivity contribution >= 4 is 5.91 Å². The number of rotatable bonds is 6. The molecular weight excluding hydrogens is 182 g/mol. The predicted molar refractivity (Wildman–Crippen MR) is 54.9 cm³/mol. The van der Waals surface area contributed by atoms with Gasteiger partial charge in [0.15, 0.2) is 0 Å². The second-order valence-corrected chi connectivity index (χ2v) is 3.75. The maximum absolute atomic E-state index is 11.4. The van der Waals surface area contributed by atoms with Gasteiger partial charge in [-0.3, -0.25) is 4.79 Å². The van der Waals surface area contributed by atoms with Crippen molar-refractivity contribution < 1.29 is 14.6 Å². The highest BCUT2D eigenvalue weighted by Crippen LogP contribution is 2.06. The molecule has 0 saturated carbocycles. The minimum atomic E-state index is -0.435. The number of carbonyl (C=O) groups excluding carboxylic acids is 1. The molecule has 0 aliphatic rings. The highest BCUT2D eigenvalue weighted by Gasteiger charge is 2.18. The summed E-state index contributed by atoms with van der Waals surface area (Å²) in [5, 5.41) is 11.7. The van der Waals surface area contributed by atoms with Gasteiger partial charge >= 0.3 is 0 Å². The van der Waals surface area contributed by atoms with Crippen molar-refractivity contribution in [2.45, 2.75) is 39.3 Å². The van der Waals surface area contributed by atoms with E-state index in [0.29, 0.717) is 12.3 Å². The second kappa shape index (κ2) is 6.79. The smallest absolute Gasteiger partial charge is 0.249 e. The Labute approximate surface area is 85.6 Å². The van der Waals surface area contributed by atoms with Gasteiger partial charge in [-0.15, -0.1) is 0 Å². The summed E-state index contributed by atoms with van der Waals surface area (Å²) in [5.41, 5.74) is 0. The predicted octanol–water partition coefficient (Wildman–Crippen LogP) is 0.544. The molecule has 1 amide bonds. The van der Waals surface area contributed by atoms with Crippen LogP contribution in [0.15, 0.2) is 0 Å². The van der Waals surface area contributed by atoms with Crippen LogP contribution in [0.4, 0.5) is 0 Å². The third-order valence-electron chi connectivity index (χ3n) is 2.30. The fraction of sp³-hybridized carbons (Fsp3) is 0.900. The first-order chi connectivity index (χ1) is 6.52. The van der Waals surface area contributed by atoms with Crippen LogP contribution in [-0.2, 0) is 9.53 Å². The molecule has 0 bridgehead atoms. The number of hydrogen-bond donors (Lipinski definition) is 2. The minimum Gasteiger partial charge on any atom is -0.396 e. The topological polar surface area (TPSA) is 58.6 Å². The van der Waals surface area contributed by atoms with Gasteiger partial charge in [0.05, 0.1) is 0 Å². The lowest BCUT2D eigenvalue weighted by Gasteiger charge is -2.23. The first-order valence-electron chi connectivity index (χ1n) is 4.97. The fourth-order valence-electron chi connectivity index (χ4n) is 1.12. The molecule has 0 aromatic rings. The summed E-state index contributed by atoms with van der Waals surface area (Å²) in [6.45, 7) is 5.81. The maximum Gasteiger partial charge on any atom is 0.249 e. The molecule has 2 atom stereocenters. The Balaban J connectivity index is 4.08. The van der Waals surface area contributed by atoms with E-state index in [1.165, 1.54) is 7.11 Å². The van der Waals surface area contributed by atoms with E-state index in [1.807, 2.05) is 13.8 Å². The Kier molecular flexibility index (Phi) is 6.49. The van der Waals surface area contributed by atoms with Gasteiger partial charge in [0, 0.05) is 19.8 Å². The molecule has 0 aliphatic heterocycles. The number of amides is 1. The summed E-state index contributed by atoms with van der Waals surface area (Å²) < 4.78 is 4.90. The van der Waals surface area contributed by atoms with Crippen molar-refractivity contribution in [3.05, 3.63) is 0 Å². The molecule has 0 radical (unpaired) electrons. The molecule has 14 heavy (non-hydrogen) atoms. The van der Waals surface area contributed by atoms with Gasteiger partial charge in [-0.25, -0.2) is 0 Å². The third kappa shape index (κ3) is 4.58. The van der Waals surface area contributed by atoms with Crippen LogP contribution in [0.3, 0.4) is 0 Å². The first kappa shape index (κ1) is 13.4. The number of hydrogen-bond acceptors (Lipinski definition) is 3. The van der Waals surface area contributed by atoms with Gasteiger partial charge in [0.2, 0.25) is 5.91 Å². The van der Waals surface area contributed by atoms with Crippen molar-refractivity contribution in [2.75, 3.05) is 13.7 Å². The second-order valence-electron chi connectivity index (χ2n) is 3.75. The van der Waals surface area contributed by atoms with Gasteiger partial charge in [-0.1, -0.05) is 13.8 Å². The number of aliphatic hydroxyl groups is 1. The van der Waals surface area contributed by atoms with Crippen molar-refractivity contribution in [3.8, 4) is 0 Å². The van der Waals surface area contributed by atoms with Crippen LogP contribution in [0.2, 0.25) is 0 Å². The molecule has 0 aromatic carbocycles. The largest absolute Gasteiger partial charge is 0.396 e. The minimum absolute atomic E-state index is 0.0186. The molecule has 0 rings (SSSR count). The molecule has 0 aliphatic carbocycles. The van der Waals surface area contributed by atoms with E-state index in [0.717, 1.165) is 0 Å². The van der Waals surface area contributed by atoms with Crippen molar-refractivity contribution in [1.82, 2.24) is 5.32 Å². The average Bonchev–Trinajstić information content (AvgIpc) is 2.15. The normalized spacial score (nSPS) is 15.3. The van der Waals surface area contributed by atoms with Crippen LogP contribution in [0, 0.1) is 5.92 Å². The van der Waals surface area contributed by atoms with Crippen LogP contribution in [0.25, 0.3) is 0 Å². The van der Waals surface area contributed by atoms with Crippen molar-refractivity contribution in [1.29, 1.82) is 0 Å². The Morgan fingerprint density at radius 1 is 1.43 bits per heavy atom. The van der Waals surface area contributed by atoms with E-state index >= 15 is 0 Å². The molecular formula is C10H21NO3. The van der Waals surface area contributed by atoms with Gasteiger partial charge in [-0.2, -0.15) is 0 Å². The molecule has 2 unspecified atom stereocenters. The van der Waals surface area contributed by atoms with Crippen molar-refractivity contribution in [3.63, 3.8) is 0 Å². The molecule has 4 nitrogen and oxygen atoms in total. The number of aliphatic hydroxyl groups excluding tert-OH is 1. The molecule has 4 heteroatoms. The van der Waals surface area contributed by atoms with E-state index in [-0.39, 0.29) is 18.6 Å². The van der Waals surface area contributed by atoms with E-state index in [2.05, 4.69) is 5.32 Å². The van der Waals surface area contributed by atoms with Crippen LogP contribution in [0.5, 0.6) is 0 Å². The summed E-state index contributed by atoms with van der Waals surface area (Å²) in [6, 6.07) is 0.0186. The molecule has 0 heterocycles. The summed E-state index contributed by atoms with van der Waals surface area (Å²) >= 11 is 0. The summed E-state index contributed by atoms with van der Waals surface area (Å²) in [7, 11) is 1.50. The number of ether oxygens (including phenoxy) is 1. The zero-order chi connectivity index (χ0) is 11.1. The molecule has 2 N–H and O–H groups in total. The Morgan fingerprint density at radius 2 is 2.00 bits per heavy atom. The van der Waals surface area contributed by atoms with Crippen LogP contribution >= 0.6 is 0 Å². The molecule has 0 saturated heterocycles. The lowest BCUT2D eigenvalue weighted by atomic mass is 10.0. The standard InChI is InChI=1S/C10H21NO3/c1-7(2)9(5-6-12)11-10(13)8(3)14-4/h7-9,12H,5-6H2,1-4H3,(H,11,13). The Morgan fingerprint density at radius 3 is 2.36 bits per heavy atom. The highest BCUT2D eigenvalue weighted by molar-refractivity contribution is 5.80. The van der Waals surface area contributed by atoms with Crippen LogP contribution in [-0.4, -0.2) is 36.9 Å². The van der Waals surface area contributed by atoms with Crippen molar-refractivity contribution in [2.24, 2.45) is 5.92 Å². The van der Waals surface area contributed by atoms with E-state index < -0.39 is 6.10 Å². The van der Waals surface area contributed by atoms with E-state index in [9.17, 15) is 4.79 Å². The first-order valence-corrected chi connectivity index (χ1v) is 4.97. The third-order valence-corrected chi connectivity index (χ3v) is 2.30.